The molecule has 5 heteroatoms. The van der Waals surface area contributed by atoms with Gasteiger partial charge in [-0.2, -0.15) is 0 Å². The number of fused-ring (bicyclic) bond motifs is 1. The number of hydrogen-bond donors (Lipinski definition) is 1. The molecule has 0 radical (unpaired) electrons. The van der Waals surface area contributed by atoms with Gasteiger partial charge < -0.3 is 9.84 Å². The predicted octanol–water partition coefficient (Wildman–Crippen LogP) is 4.38. The Morgan fingerprint density at radius 1 is 1.05 bits per heavy atom. The molecule has 104 valence electrons. The van der Waals surface area contributed by atoms with Crippen molar-refractivity contribution in [2.75, 3.05) is 0 Å². The van der Waals surface area contributed by atoms with E-state index in [9.17, 15) is 4.79 Å². The Kier molecular flexibility index (Phi) is 3.46. The molecule has 0 spiro atoms. The highest BCUT2D eigenvalue weighted by atomic mass is 35.5. The number of carboxylic acids is 1. The molecule has 0 saturated heterocycles. The number of aromatic nitrogens is 1. The molecule has 1 aromatic heterocycles. The van der Waals surface area contributed by atoms with Crippen molar-refractivity contribution in [1.29, 1.82) is 0 Å². The molecule has 0 bridgehead atoms. The summed E-state index contributed by atoms with van der Waals surface area (Å²) in [4.78, 5) is 15.3. The number of benzene rings is 2. The van der Waals surface area contributed by atoms with Crippen LogP contribution in [0.4, 0.5) is 0 Å². The normalized spacial score (nSPS) is 10.5. The molecule has 1 N–H and O–H groups in total. The Hall–Kier alpha value is -2.59. The van der Waals surface area contributed by atoms with Crippen molar-refractivity contribution >= 4 is 28.5 Å². The van der Waals surface area contributed by atoms with E-state index in [1.807, 2.05) is 12.1 Å². The van der Waals surface area contributed by atoms with E-state index in [1.165, 1.54) is 6.07 Å². The standard InChI is InChI=1S/C16H10ClNO3/c17-11-6-2-4-8-14(11)21-15-9-13(16(19)20)18-12-7-3-1-5-10(12)15/h1-9H,(H,19,20). The van der Waals surface area contributed by atoms with Crippen molar-refractivity contribution < 1.29 is 14.6 Å². The fourth-order valence-corrected chi connectivity index (χ4v) is 2.16. The van der Waals surface area contributed by atoms with Gasteiger partial charge in [-0.05, 0) is 24.3 Å². The largest absolute Gasteiger partial charge is 0.477 e. The molecule has 0 fully saturated rings. The smallest absolute Gasteiger partial charge is 0.354 e. The second-order valence-corrected chi connectivity index (χ2v) is 4.77. The van der Waals surface area contributed by atoms with E-state index in [0.29, 0.717) is 22.0 Å². The van der Waals surface area contributed by atoms with Crippen LogP contribution in [-0.4, -0.2) is 16.1 Å². The molecular weight excluding hydrogens is 290 g/mol. The monoisotopic (exact) mass is 299 g/mol. The highest BCUT2D eigenvalue weighted by Crippen LogP contribution is 2.33. The van der Waals surface area contributed by atoms with Crippen molar-refractivity contribution in [2.45, 2.75) is 0 Å². The van der Waals surface area contributed by atoms with Gasteiger partial charge in [0.1, 0.15) is 11.5 Å². The van der Waals surface area contributed by atoms with Gasteiger partial charge in [-0.15, -0.1) is 0 Å². The second-order valence-electron chi connectivity index (χ2n) is 4.36. The van der Waals surface area contributed by atoms with Gasteiger partial charge in [-0.25, -0.2) is 9.78 Å². The number of para-hydroxylation sites is 2. The Morgan fingerprint density at radius 3 is 2.52 bits per heavy atom. The van der Waals surface area contributed by atoms with E-state index in [0.717, 1.165) is 5.39 Å². The molecule has 21 heavy (non-hydrogen) atoms. The summed E-state index contributed by atoms with van der Waals surface area (Å²) in [6.45, 7) is 0. The van der Waals surface area contributed by atoms with E-state index < -0.39 is 5.97 Å². The van der Waals surface area contributed by atoms with Crippen LogP contribution in [-0.2, 0) is 0 Å². The number of carboxylic acid groups (broad SMARTS) is 1. The van der Waals surface area contributed by atoms with Crippen LogP contribution in [0.2, 0.25) is 5.02 Å². The molecule has 3 aromatic rings. The zero-order valence-corrected chi connectivity index (χ0v) is 11.5. The van der Waals surface area contributed by atoms with Crippen molar-refractivity contribution in [3.8, 4) is 11.5 Å². The SMILES string of the molecule is O=C(O)c1cc(Oc2ccccc2Cl)c2ccccc2n1. The first-order valence-corrected chi connectivity index (χ1v) is 6.58. The molecule has 0 aliphatic heterocycles. The number of halogens is 1. The summed E-state index contributed by atoms with van der Waals surface area (Å²) in [6.07, 6.45) is 0. The summed E-state index contributed by atoms with van der Waals surface area (Å²) < 4.78 is 5.78. The van der Waals surface area contributed by atoms with Crippen molar-refractivity contribution in [1.82, 2.24) is 4.98 Å². The van der Waals surface area contributed by atoms with Crippen molar-refractivity contribution in [3.63, 3.8) is 0 Å². The minimum absolute atomic E-state index is 0.0734. The Bertz CT molecular complexity index is 833. The molecule has 0 amide bonds. The van der Waals surface area contributed by atoms with Crippen LogP contribution in [0, 0.1) is 0 Å². The van der Waals surface area contributed by atoms with Gasteiger partial charge in [-0.3, -0.25) is 0 Å². The molecule has 1 heterocycles. The van der Waals surface area contributed by atoms with Crippen LogP contribution in [0.1, 0.15) is 10.5 Å². The van der Waals surface area contributed by atoms with E-state index in [4.69, 9.17) is 21.4 Å². The lowest BCUT2D eigenvalue weighted by Crippen LogP contribution is -2.01. The third-order valence-electron chi connectivity index (χ3n) is 2.95. The van der Waals surface area contributed by atoms with E-state index in [-0.39, 0.29) is 5.69 Å². The Morgan fingerprint density at radius 2 is 1.76 bits per heavy atom. The van der Waals surface area contributed by atoms with Gasteiger partial charge in [0.2, 0.25) is 0 Å². The van der Waals surface area contributed by atoms with Gasteiger partial charge >= 0.3 is 5.97 Å². The molecule has 0 atom stereocenters. The maximum Gasteiger partial charge on any atom is 0.354 e. The third kappa shape index (κ3) is 2.66. The summed E-state index contributed by atoms with van der Waals surface area (Å²) in [5.41, 5.74) is 0.482. The van der Waals surface area contributed by atoms with Crippen LogP contribution in [0.15, 0.2) is 54.6 Å². The predicted molar refractivity (Wildman–Crippen MR) is 80.2 cm³/mol. The molecule has 0 aliphatic rings. The number of nitrogens with zero attached hydrogens (tertiary/aromatic N) is 1. The third-order valence-corrected chi connectivity index (χ3v) is 3.27. The van der Waals surface area contributed by atoms with E-state index in [1.54, 1.807) is 36.4 Å². The van der Waals surface area contributed by atoms with E-state index in [2.05, 4.69) is 4.98 Å². The molecular formula is C16H10ClNO3. The maximum atomic E-state index is 11.2. The van der Waals surface area contributed by atoms with Gasteiger partial charge in [0.05, 0.1) is 10.5 Å². The Balaban J connectivity index is 2.16. The van der Waals surface area contributed by atoms with Crippen LogP contribution in [0.25, 0.3) is 10.9 Å². The molecule has 0 unspecified atom stereocenters. The summed E-state index contributed by atoms with van der Waals surface area (Å²) in [6, 6.07) is 15.6. The van der Waals surface area contributed by atoms with Crippen LogP contribution < -0.4 is 4.74 Å². The first-order chi connectivity index (χ1) is 10.1. The highest BCUT2D eigenvalue weighted by molar-refractivity contribution is 6.32. The lowest BCUT2D eigenvalue weighted by atomic mass is 10.2. The first kappa shape index (κ1) is 13.4. The minimum atomic E-state index is -1.11. The zero-order valence-electron chi connectivity index (χ0n) is 10.8. The lowest BCUT2D eigenvalue weighted by molar-refractivity contribution is 0.0690. The molecule has 2 aromatic carbocycles. The zero-order chi connectivity index (χ0) is 14.8. The summed E-state index contributed by atoms with van der Waals surface area (Å²) >= 11 is 6.07. The lowest BCUT2D eigenvalue weighted by Gasteiger charge is -2.10. The van der Waals surface area contributed by atoms with Crippen LogP contribution in [0.3, 0.4) is 0 Å². The fourth-order valence-electron chi connectivity index (χ4n) is 1.98. The summed E-state index contributed by atoms with van der Waals surface area (Å²) in [7, 11) is 0. The van der Waals surface area contributed by atoms with E-state index >= 15 is 0 Å². The fraction of sp³-hybridized carbons (Fsp3) is 0. The summed E-state index contributed by atoms with van der Waals surface area (Å²) in [5.74, 6) is -0.234. The first-order valence-electron chi connectivity index (χ1n) is 6.20. The molecule has 0 aliphatic carbocycles. The number of pyridine rings is 1. The Labute approximate surface area is 125 Å². The van der Waals surface area contributed by atoms with Crippen molar-refractivity contribution in [2.24, 2.45) is 0 Å². The number of aromatic carboxylic acids is 1. The molecule has 0 saturated carbocycles. The second kappa shape index (κ2) is 5.42. The van der Waals surface area contributed by atoms with Gasteiger partial charge in [0.15, 0.2) is 5.69 Å². The molecule has 3 rings (SSSR count). The summed E-state index contributed by atoms with van der Waals surface area (Å²) in [5, 5.41) is 10.3. The van der Waals surface area contributed by atoms with Gasteiger partial charge in [0.25, 0.3) is 0 Å². The minimum Gasteiger partial charge on any atom is -0.477 e. The maximum absolute atomic E-state index is 11.2. The number of rotatable bonds is 3. The number of ether oxygens (including phenoxy) is 1. The van der Waals surface area contributed by atoms with Gasteiger partial charge in [-0.1, -0.05) is 35.9 Å². The highest BCUT2D eigenvalue weighted by Gasteiger charge is 2.13. The van der Waals surface area contributed by atoms with Gasteiger partial charge in [0, 0.05) is 11.5 Å². The number of hydrogen-bond acceptors (Lipinski definition) is 3. The average Bonchev–Trinajstić information content (AvgIpc) is 2.49. The van der Waals surface area contributed by atoms with Crippen LogP contribution >= 0.6 is 11.6 Å². The average molecular weight is 300 g/mol. The topological polar surface area (TPSA) is 59.4 Å². The van der Waals surface area contributed by atoms with Crippen molar-refractivity contribution in [3.05, 3.63) is 65.3 Å². The van der Waals surface area contributed by atoms with Crippen LogP contribution in [0.5, 0.6) is 11.5 Å². The quantitative estimate of drug-likeness (QED) is 0.779. The number of carbonyl (C=O) groups is 1. The molecule has 4 nitrogen and oxygen atoms in total.